The van der Waals surface area contributed by atoms with Gasteiger partial charge in [-0.1, -0.05) is 216 Å². The Morgan fingerprint density at radius 1 is 0.534 bits per heavy atom. The molecule has 11 nitrogen and oxygen atoms in total. The molecule has 6 N–H and O–H groups in total. The molecule has 11 heteroatoms. The lowest BCUT2D eigenvalue weighted by Crippen LogP contribution is -2.61. The van der Waals surface area contributed by atoms with Crippen LogP contribution in [0.2, 0.25) is 0 Å². The van der Waals surface area contributed by atoms with E-state index in [1.807, 2.05) is 6.08 Å². The zero-order valence-electron chi connectivity index (χ0n) is 46.5. The van der Waals surface area contributed by atoms with Gasteiger partial charge < -0.3 is 45.1 Å². The summed E-state index contributed by atoms with van der Waals surface area (Å²) < 4.78 is 17.6. The molecule has 0 bridgehead atoms. The highest BCUT2D eigenvalue weighted by Crippen LogP contribution is 2.26. The first-order valence-electron chi connectivity index (χ1n) is 29.7. The molecule has 1 aliphatic heterocycles. The first kappa shape index (κ1) is 68.1. The SMILES string of the molecule is CCCCC/C=C\C/C=C\C/C=C\C/C=C\CCCCCC(=O)OC1C(OCC(NC(=O)C(O)CCCCCCCC/C=C\CCCCCC)C(O)/C=C/CCCCCCCCCCC)OC(CO)C(O)C1O. The van der Waals surface area contributed by atoms with Gasteiger partial charge in [0.2, 0.25) is 5.91 Å². The summed E-state index contributed by atoms with van der Waals surface area (Å²) in [6.07, 6.45) is 52.2. The number of carbonyl (C=O) groups is 2. The van der Waals surface area contributed by atoms with E-state index in [2.05, 4.69) is 86.8 Å². The molecule has 0 aliphatic carbocycles. The Morgan fingerprint density at radius 2 is 0.945 bits per heavy atom. The molecule has 0 aromatic carbocycles. The zero-order valence-corrected chi connectivity index (χ0v) is 46.5. The third kappa shape index (κ3) is 38.3. The van der Waals surface area contributed by atoms with Crippen LogP contribution in [0, 0.1) is 0 Å². The Bertz CT molecular complexity index is 1460. The highest BCUT2D eigenvalue weighted by molar-refractivity contribution is 5.80. The fraction of sp³-hybridized carbons (Fsp3) is 0.774. The number of rotatable bonds is 49. The number of aliphatic hydroxyl groups excluding tert-OH is 5. The number of ether oxygens (including phenoxy) is 3. The van der Waals surface area contributed by atoms with Crippen LogP contribution in [0.25, 0.3) is 0 Å². The maximum absolute atomic E-state index is 13.4. The molecule has 1 aliphatic rings. The highest BCUT2D eigenvalue weighted by Gasteiger charge is 2.47. The molecule has 0 saturated carbocycles. The Balaban J connectivity index is 2.72. The number of amides is 1. The average molecular weight is 1030 g/mol. The topological polar surface area (TPSA) is 175 Å². The largest absolute Gasteiger partial charge is 0.454 e. The summed E-state index contributed by atoms with van der Waals surface area (Å²) in [6, 6.07) is -1.03. The first-order valence-corrected chi connectivity index (χ1v) is 29.7. The molecule has 0 aromatic heterocycles. The molecule has 1 rings (SSSR count). The van der Waals surface area contributed by atoms with Gasteiger partial charge in [0, 0.05) is 6.42 Å². The third-order valence-corrected chi connectivity index (χ3v) is 13.6. The predicted molar refractivity (Wildman–Crippen MR) is 301 cm³/mol. The van der Waals surface area contributed by atoms with E-state index in [-0.39, 0.29) is 19.4 Å². The minimum Gasteiger partial charge on any atom is -0.454 e. The van der Waals surface area contributed by atoms with Crippen LogP contribution in [0.5, 0.6) is 0 Å². The van der Waals surface area contributed by atoms with Crippen LogP contribution in [-0.4, -0.2) is 99.6 Å². The summed E-state index contributed by atoms with van der Waals surface area (Å²) in [6.45, 7) is 5.71. The van der Waals surface area contributed by atoms with Gasteiger partial charge in [-0.25, -0.2) is 0 Å². The molecule has 0 spiro atoms. The maximum Gasteiger partial charge on any atom is 0.306 e. The lowest BCUT2D eigenvalue weighted by atomic mass is 9.99. The van der Waals surface area contributed by atoms with Crippen molar-refractivity contribution in [2.45, 2.75) is 294 Å². The van der Waals surface area contributed by atoms with Crippen LogP contribution in [0.1, 0.15) is 245 Å². The van der Waals surface area contributed by atoms with E-state index in [0.717, 1.165) is 89.9 Å². The number of allylic oxidation sites excluding steroid dienone is 11. The maximum atomic E-state index is 13.4. The smallest absolute Gasteiger partial charge is 0.306 e. The molecule has 8 atom stereocenters. The van der Waals surface area contributed by atoms with E-state index in [4.69, 9.17) is 14.2 Å². The second-order valence-electron chi connectivity index (χ2n) is 20.4. The number of nitrogens with one attached hydrogen (secondary N) is 1. The van der Waals surface area contributed by atoms with E-state index in [1.54, 1.807) is 6.08 Å². The minimum atomic E-state index is -1.63. The van der Waals surface area contributed by atoms with Gasteiger partial charge in [-0.15, -0.1) is 0 Å². The van der Waals surface area contributed by atoms with E-state index in [1.165, 1.54) is 109 Å². The lowest BCUT2D eigenvalue weighted by Gasteiger charge is -2.41. The van der Waals surface area contributed by atoms with Crippen molar-refractivity contribution in [2.24, 2.45) is 0 Å². The van der Waals surface area contributed by atoms with Crippen LogP contribution >= 0.6 is 0 Å². The second-order valence-corrected chi connectivity index (χ2v) is 20.4. The Morgan fingerprint density at radius 3 is 1.47 bits per heavy atom. The molecule has 1 fully saturated rings. The van der Waals surface area contributed by atoms with Crippen LogP contribution in [0.15, 0.2) is 72.9 Å². The van der Waals surface area contributed by atoms with Gasteiger partial charge in [0.05, 0.1) is 25.4 Å². The van der Waals surface area contributed by atoms with Gasteiger partial charge in [-0.05, 0) is 96.3 Å². The van der Waals surface area contributed by atoms with Crippen molar-refractivity contribution in [3.63, 3.8) is 0 Å². The number of esters is 1. The van der Waals surface area contributed by atoms with Gasteiger partial charge in [0.25, 0.3) is 0 Å². The van der Waals surface area contributed by atoms with E-state index in [9.17, 15) is 35.1 Å². The fourth-order valence-corrected chi connectivity index (χ4v) is 8.80. The average Bonchev–Trinajstić information content (AvgIpc) is 3.39. The van der Waals surface area contributed by atoms with Crippen molar-refractivity contribution in [2.75, 3.05) is 13.2 Å². The highest BCUT2D eigenvalue weighted by atomic mass is 16.7. The Kier molecular flexibility index (Phi) is 46.6. The van der Waals surface area contributed by atoms with Gasteiger partial charge >= 0.3 is 5.97 Å². The third-order valence-electron chi connectivity index (χ3n) is 13.6. The Hall–Kier alpha value is -2.90. The number of carbonyl (C=O) groups excluding carboxylic acids is 2. The van der Waals surface area contributed by atoms with Crippen molar-refractivity contribution >= 4 is 11.9 Å². The molecular weight excluding hydrogens is 919 g/mol. The van der Waals surface area contributed by atoms with Crippen molar-refractivity contribution in [3.8, 4) is 0 Å². The first-order chi connectivity index (χ1) is 35.7. The molecule has 422 valence electrons. The monoisotopic (exact) mass is 1030 g/mol. The molecule has 0 radical (unpaired) electrons. The molecule has 73 heavy (non-hydrogen) atoms. The van der Waals surface area contributed by atoms with Gasteiger partial charge in [-0.2, -0.15) is 0 Å². The number of unbranched alkanes of at least 4 members (excludes halogenated alkanes) is 25. The zero-order chi connectivity index (χ0) is 53.3. The van der Waals surface area contributed by atoms with Gasteiger partial charge in [0.15, 0.2) is 12.4 Å². The van der Waals surface area contributed by atoms with Crippen molar-refractivity contribution in [1.82, 2.24) is 5.32 Å². The van der Waals surface area contributed by atoms with Gasteiger partial charge in [0.1, 0.15) is 24.4 Å². The van der Waals surface area contributed by atoms with E-state index < -0.39 is 67.4 Å². The summed E-state index contributed by atoms with van der Waals surface area (Å²) in [5.41, 5.74) is 0. The van der Waals surface area contributed by atoms with Crippen molar-refractivity contribution < 1.29 is 49.3 Å². The predicted octanol–water partition coefficient (Wildman–Crippen LogP) is 13.6. The summed E-state index contributed by atoms with van der Waals surface area (Å²) in [7, 11) is 0. The minimum absolute atomic E-state index is 0.0834. The van der Waals surface area contributed by atoms with Gasteiger partial charge in [-0.3, -0.25) is 9.59 Å². The molecule has 1 amide bonds. The van der Waals surface area contributed by atoms with E-state index in [0.29, 0.717) is 12.8 Å². The molecule has 8 unspecified atom stereocenters. The molecule has 1 saturated heterocycles. The number of aliphatic hydroxyl groups is 5. The fourth-order valence-electron chi connectivity index (χ4n) is 8.80. The van der Waals surface area contributed by atoms with Crippen LogP contribution in [0.4, 0.5) is 0 Å². The second kappa shape index (κ2) is 49.9. The summed E-state index contributed by atoms with van der Waals surface area (Å²) >= 11 is 0. The van der Waals surface area contributed by atoms with Crippen LogP contribution < -0.4 is 5.32 Å². The number of hydrogen-bond donors (Lipinski definition) is 6. The molecular formula is C62H109NO10. The van der Waals surface area contributed by atoms with Crippen LogP contribution in [-0.2, 0) is 23.8 Å². The Labute approximate surface area is 445 Å². The summed E-state index contributed by atoms with van der Waals surface area (Å²) in [5.74, 6) is -1.23. The molecule has 1 heterocycles. The van der Waals surface area contributed by atoms with Crippen molar-refractivity contribution in [1.29, 1.82) is 0 Å². The summed E-state index contributed by atoms with van der Waals surface area (Å²) in [4.78, 5) is 26.5. The number of hydrogen-bond acceptors (Lipinski definition) is 10. The lowest BCUT2D eigenvalue weighted by molar-refractivity contribution is -0.305. The van der Waals surface area contributed by atoms with Crippen LogP contribution in [0.3, 0.4) is 0 Å². The van der Waals surface area contributed by atoms with E-state index >= 15 is 0 Å². The standard InChI is InChI=1S/C62H109NO10/c1-4-7-10-13-16-19-22-24-26-27-28-29-30-32-35-38-41-44-47-50-57(67)73-60-59(69)58(68)56(51-64)72-62(60)71-52-53(54(65)48-45-42-39-36-33-21-18-15-12-9-6-3)63-61(70)55(66)49-46-43-40-37-34-31-25-23-20-17-14-11-8-5-2/h16,19-20,23-24,26,28-29,32,35,45,48,53-56,58-60,62,64-66,68-69H,4-15,17-18,21-22,25,27,30-31,33-34,36-44,46-47,49-52H2,1-3H3,(H,63,70)/b19-16-,23-20-,26-24-,29-28-,35-32-,48-45+. The van der Waals surface area contributed by atoms with Crippen molar-refractivity contribution in [3.05, 3.63) is 72.9 Å². The summed E-state index contributed by atoms with van der Waals surface area (Å²) in [5, 5.41) is 56.8. The normalized spacial score (nSPS) is 19.9. The molecule has 0 aromatic rings. The quantitative estimate of drug-likeness (QED) is 0.0195.